The van der Waals surface area contributed by atoms with Gasteiger partial charge in [-0.1, -0.05) is 12.1 Å². The zero-order valence-electron chi connectivity index (χ0n) is 17.3. The molecular formula is C23H24FN3O5. The van der Waals surface area contributed by atoms with Crippen molar-refractivity contribution in [3.05, 3.63) is 42.2 Å². The van der Waals surface area contributed by atoms with E-state index in [1.165, 1.54) is 6.07 Å². The van der Waals surface area contributed by atoms with E-state index in [0.717, 1.165) is 18.7 Å². The Kier molecular flexibility index (Phi) is 4.80. The van der Waals surface area contributed by atoms with Crippen LogP contribution in [0.4, 0.5) is 10.1 Å². The number of β-amino-alcohol motifs (C(OH)–C–C–N with tert-alkyl or cyclic N) is 1. The summed E-state index contributed by atoms with van der Waals surface area (Å²) in [5.74, 6) is 0.0213. The first-order valence-corrected chi connectivity index (χ1v) is 10.9. The molecule has 0 saturated carbocycles. The van der Waals surface area contributed by atoms with Crippen molar-refractivity contribution in [1.82, 2.24) is 9.97 Å². The minimum Gasteiger partial charge on any atom is -0.470 e. The van der Waals surface area contributed by atoms with Gasteiger partial charge in [0.1, 0.15) is 24.0 Å². The Labute approximate surface area is 183 Å². The van der Waals surface area contributed by atoms with Gasteiger partial charge in [0.25, 0.3) is 0 Å². The van der Waals surface area contributed by atoms with Crippen LogP contribution in [0, 0.1) is 5.82 Å². The van der Waals surface area contributed by atoms with Gasteiger partial charge < -0.3 is 34.3 Å². The molecule has 0 amide bonds. The maximum atomic E-state index is 14.9. The quantitative estimate of drug-likeness (QED) is 0.568. The molecule has 6 rings (SSSR count). The largest absolute Gasteiger partial charge is 0.470 e. The van der Waals surface area contributed by atoms with E-state index in [9.17, 15) is 14.6 Å². The van der Waals surface area contributed by atoms with Crippen molar-refractivity contribution in [1.29, 1.82) is 0 Å². The van der Waals surface area contributed by atoms with E-state index >= 15 is 0 Å². The molecule has 3 aromatic rings. The number of aliphatic hydroxyl groups is 2. The van der Waals surface area contributed by atoms with Crippen molar-refractivity contribution in [3.63, 3.8) is 0 Å². The van der Waals surface area contributed by atoms with Crippen LogP contribution >= 0.6 is 0 Å². The number of nitrogens with zero attached hydrogens (tertiary/aromatic N) is 2. The number of halogens is 1. The topological polar surface area (TPSA) is 100 Å². The molecule has 0 aliphatic carbocycles. The summed E-state index contributed by atoms with van der Waals surface area (Å²) >= 11 is 0. The summed E-state index contributed by atoms with van der Waals surface area (Å²) in [6, 6.07) is 10.7. The first-order chi connectivity index (χ1) is 15.5. The molecule has 9 heteroatoms. The van der Waals surface area contributed by atoms with Gasteiger partial charge in [-0.15, -0.1) is 0 Å². The lowest BCUT2D eigenvalue weighted by Gasteiger charge is -2.18. The van der Waals surface area contributed by atoms with Gasteiger partial charge in [-0.05, 0) is 18.6 Å². The van der Waals surface area contributed by atoms with Crippen molar-refractivity contribution in [2.24, 2.45) is 0 Å². The number of fused-ring (bicyclic) bond motifs is 2. The Balaban J connectivity index is 1.23. The lowest BCUT2D eigenvalue weighted by molar-refractivity contribution is 0.00794. The van der Waals surface area contributed by atoms with Gasteiger partial charge in [0.05, 0.1) is 30.4 Å². The maximum Gasteiger partial charge on any atom is 0.193 e. The molecule has 1 aromatic carbocycles. The number of pyridine rings is 1. The summed E-state index contributed by atoms with van der Waals surface area (Å²) < 4.78 is 32.0. The highest BCUT2D eigenvalue weighted by Gasteiger charge is 2.48. The van der Waals surface area contributed by atoms with E-state index < -0.39 is 11.9 Å². The van der Waals surface area contributed by atoms with Gasteiger partial charge in [0.15, 0.2) is 17.8 Å². The molecule has 4 unspecified atom stereocenters. The lowest BCUT2D eigenvalue weighted by atomic mass is 10.1. The standard InChI is InChI=1S/C23H24FN3O5/c24-15-7-16-17(8-20(25-16)32-19-11-31-22-18(29)10-30-23(19)22)26-21(15)12-1-3-13(4-2-12)27-6-5-14(28)9-27/h1-4,7-8,14,18-19,22-23,25,28-29H,5-6,9-11H2/t14?,18?,19?,22?,23-/m1/s1. The fourth-order valence-corrected chi connectivity index (χ4v) is 4.79. The second-order valence-corrected chi connectivity index (χ2v) is 8.64. The molecule has 3 fully saturated rings. The number of anilines is 1. The van der Waals surface area contributed by atoms with Crippen molar-refractivity contribution >= 4 is 16.7 Å². The van der Waals surface area contributed by atoms with E-state index in [4.69, 9.17) is 14.2 Å². The van der Waals surface area contributed by atoms with Crippen LogP contribution in [-0.4, -0.2) is 77.0 Å². The molecule has 3 saturated heterocycles. The predicted molar refractivity (Wildman–Crippen MR) is 114 cm³/mol. The zero-order chi connectivity index (χ0) is 21.8. The highest BCUT2D eigenvalue weighted by atomic mass is 19.1. The number of rotatable bonds is 4. The Hall–Kier alpha value is -2.72. The van der Waals surface area contributed by atoms with Crippen LogP contribution in [0.3, 0.4) is 0 Å². The molecule has 2 aromatic heterocycles. The van der Waals surface area contributed by atoms with Gasteiger partial charge >= 0.3 is 0 Å². The highest BCUT2D eigenvalue weighted by Crippen LogP contribution is 2.32. The first-order valence-electron chi connectivity index (χ1n) is 10.9. The highest BCUT2D eigenvalue weighted by molar-refractivity contribution is 5.81. The third-order valence-corrected chi connectivity index (χ3v) is 6.46. The second kappa shape index (κ2) is 7.70. The molecule has 3 aliphatic rings. The minimum absolute atomic E-state index is 0.231. The third kappa shape index (κ3) is 3.41. The van der Waals surface area contributed by atoms with E-state index in [2.05, 4.69) is 14.9 Å². The summed E-state index contributed by atoms with van der Waals surface area (Å²) in [6.45, 7) is 1.97. The Morgan fingerprint density at radius 3 is 2.69 bits per heavy atom. The van der Waals surface area contributed by atoms with Crippen molar-refractivity contribution in [3.8, 4) is 17.1 Å². The zero-order valence-corrected chi connectivity index (χ0v) is 17.3. The van der Waals surface area contributed by atoms with Crippen LogP contribution in [0.25, 0.3) is 22.3 Å². The Morgan fingerprint density at radius 1 is 1.09 bits per heavy atom. The molecule has 5 heterocycles. The van der Waals surface area contributed by atoms with E-state index in [0.29, 0.717) is 35.6 Å². The van der Waals surface area contributed by atoms with Crippen molar-refractivity contribution in [2.45, 2.75) is 36.9 Å². The van der Waals surface area contributed by atoms with E-state index in [1.54, 1.807) is 6.07 Å². The van der Waals surface area contributed by atoms with Crippen molar-refractivity contribution in [2.75, 3.05) is 31.2 Å². The maximum absolute atomic E-state index is 14.9. The van der Waals surface area contributed by atoms with E-state index in [1.807, 2.05) is 24.3 Å². The predicted octanol–water partition coefficient (Wildman–Crippen LogP) is 1.85. The number of aromatic nitrogens is 2. The summed E-state index contributed by atoms with van der Waals surface area (Å²) in [5.41, 5.74) is 3.07. The van der Waals surface area contributed by atoms with Crippen LogP contribution in [0.2, 0.25) is 0 Å². The SMILES string of the molecule is OC1CCN(c2ccc(-c3nc4cc(OC5COC6C(O)CO[C@H]56)[nH]c4cc3F)cc2)C1. The number of aliphatic hydroxyl groups excluding tert-OH is 2. The number of aromatic amines is 1. The van der Waals surface area contributed by atoms with E-state index in [-0.39, 0.29) is 36.7 Å². The number of ether oxygens (including phenoxy) is 3. The number of hydrogen-bond donors (Lipinski definition) is 3. The van der Waals surface area contributed by atoms with Gasteiger partial charge in [-0.3, -0.25) is 0 Å². The molecule has 0 radical (unpaired) electrons. The second-order valence-electron chi connectivity index (χ2n) is 8.64. The Morgan fingerprint density at radius 2 is 1.91 bits per heavy atom. The first kappa shape index (κ1) is 19.9. The molecule has 3 N–H and O–H groups in total. The molecule has 32 heavy (non-hydrogen) atoms. The summed E-state index contributed by atoms with van der Waals surface area (Å²) in [4.78, 5) is 9.68. The molecule has 168 valence electrons. The lowest BCUT2D eigenvalue weighted by Crippen LogP contribution is -2.34. The minimum atomic E-state index is -0.642. The third-order valence-electron chi connectivity index (χ3n) is 6.46. The summed E-state index contributed by atoms with van der Waals surface area (Å²) in [7, 11) is 0. The molecule has 8 nitrogen and oxygen atoms in total. The molecule has 3 aliphatic heterocycles. The summed E-state index contributed by atoms with van der Waals surface area (Å²) in [6.07, 6.45) is -1.24. The average Bonchev–Trinajstić information content (AvgIpc) is 3.55. The number of nitrogens with one attached hydrogen (secondary N) is 1. The van der Waals surface area contributed by atoms with Crippen LogP contribution in [0.1, 0.15) is 6.42 Å². The fourth-order valence-electron chi connectivity index (χ4n) is 4.79. The van der Waals surface area contributed by atoms with Gasteiger partial charge in [-0.2, -0.15) is 0 Å². The van der Waals surface area contributed by atoms with Gasteiger partial charge in [0, 0.05) is 36.5 Å². The molecule has 0 spiro atoms. The molecular weight excluding hydrogens is 417 g/mol. The van der Waals surface area contributed by atoms with Crippen LogP contribution in [-0.2, 0) is 9.47 Å². The van der Waals surface area contributed by atoms with Crippen molar-refractivity contribution < 1.29 is 28.8 Å². The number of hydrogen-bond acceptors (Lipinski definition) is 7. The monoisotopic (exact) mass is 441 g/mol. The van der Waals surface area contributed by atoms with Crippen LogP contribution < -0.4 is 9.64 Å². The fraction of sp³-hybridized carbons (Fsp3) is 0.435. The normalized spacial score (nSPS) is 29.7. The van der Waals surface area contributed by atoms with Gasteiger partial charge in [0.2, 0.25) is 0 Å². The summed E-state index contributed by atoms with van der Waals surface area (Å²) in [5, 5.41) is 19.6. The molecule has 0 bridgehead atoms. The number of benzene rings is 1. The average molecular weight is 441 g/mol. The van der Waals surface area contributed by atoms with Crippen LogP contribution in [0.15, 0.2) is 36.4 Å². The molecule has 5 atom stereocenters. The number of H-pyrrole nitrogens is 1. The smallest absolute Gasteiger partial charge is 0.193 e. The Bertz CT molecular complexity index is 1140. The van der Waals surface area contributed by atoms with Crippen LogP contribution in [0.5, 0.6) is 5.88 Å². The van der Waals surface area contributed by atoms with Gasteiger partial charge in [-0.25, -0.2) is 9.37 Å².